The van der Waals surface area contributed by atoms with Crippen molar-refractivity contribution in [3.8, 4) is 0 Å². The molecule has 1 rings (SSSR count). The highest BCUT2D eigenvalue weighted by atomic mass is 17.4. The summed E-state index contributed by atoms with van der Waals surface area (Å²) in [7, 11) is 6.35. The Labute approximate surface area is 93.9 Å². The molecule has 0 unspecified atom stereocenters. The maximum absolute atomic E-state index is 5.16. The molecule has 0 radical (unpaired) electrons. The molecule has 1 heterocycles. The van der Waals surface area contributed by atoms with Crippen molar-refractivity contribution in [1.29, 1.82) is 0 Å². The lowest BCUT2D eigenvalue weighted by molar-refractivity contribution is -0.928. The molecule has 0 saturated carbocycles. The second-order valence-electron chi connectivity index (χ2n) is 5.41. The zero-order valence-electron chi connectivity index (χ0n) is 10.7. The van der Waals surface area contributed by atoms with Crippen molar-refractivity contribution < 1.29 is 14.3 Å². The minimum absolute atomic E-state index is 0.329. The third kappa shape index (κ3) is 3.74. The number of unbranched alkanes of at least 4 members (excludes halogenated alkanes) is 5. The van der Waals surface area contributed by atoms with Crippen LogP contribution in [0.1, 0.15) is 51.9 Å². The minimum Gasteiger partial charge on any atom is -0.274 e. The minimum atomic E-state index is -0.329. The molecule has 3 heteroatoms. The number of quaternary nitrogens is 1. The van der Waals surface area contributed by atoms with Gasteiger partial charge >= 0.3 is 5.91 Å². The van der Waals surface area contributed by atoms with Crippen LogP contribution in [0.3, 0.4) is 0 Å². The summed E-state index contributed by atoms with van der Waals surface area (Å²) in [6.07, 6.45) is 8.93. The van der Waals surface area contributed by atoms with Gasteiger partial charge in [-0.15, -0.1) is 9.78 Å². The van der Waals surface area contributed by atoms with E-state index in [1.54, 1.807) is 0 Å². The monoisotopic (exact) mass is 216 g/mol. The summed E-state index contributed by atoms with van der Waals surface area (Å²) in [6, 6.07) is 0. The highest BCUT2D eigenvalue weighted by molar-refractivity contribution is 4.62. The third-order valence-corrected chi connectivity index (χ3v) is 3.14. The molecule has 15 heavy (non-hydrogen) atoms. The Hall–Kier alpha value is -0.120. The van der Waals surface area contributed by atoms with Gasteiger partial charge in [-0.2, -0.15) is 0 Å². The molecule has 0 bridgehead atoms. The largest absolute Gasteiger partial charge is 0.373 e. The molecule has 0 aromatic carbocycles. The zero-order valence-corrected chi connectivity index (χ0v) is 10.7. The van der Waals surface area contributed by atoms with E-state index < -0.39 is 0 Å². The molecule has 90 valence electrons. The van der Waals surface area contributed by atoms with Gasteiger partial charge in [0.1, 0.15) is 0 Å². The summed E-state index contributed by atoms with van der Waals surface area (Å²) < 4.78 is 0.738. The fourth-order valence-electron chi connectivity index (χ4n) is 1.82. The van der Waals surface area contributed by atoms with Gasteiger partial charge in [0, 0.05) is 0 Å². The lowest BCUT2D eigenvalue weighted by Gasteiger charge is -2.26. The van der Waals surface area contributed by atoms with E-state index in [1.165, 1.54) is 38.5 Å². The molecule has 1 aliphatic rings. The maximum atomic E-state index is 5.16. The normalized spacial score (nSPS) is 19.2. The molecule has 0 aliphatic carbocycles. The Morgan fingerprint density at radius 1 is 0.867 bits per heavy atom. The van der Waals surface area contributed by atoms with Gasteiger partial charge in [-0.1, -0.05) is 39.0 Å². The second-order valence-corrected chi connectivity index (χ2v) is 5.41. The lowest BCUT2D eigenvalue weighted by Crippen LogP contribution is -2.48. The molecule has 1 saturated heterocycles. The number of hydrogen-bond acceptors (Lipinski definition) is 2. The summed E-state index contributed by atoms with van der Waals surface area (Å²) in [5, 5.41) is 0. The third-order valence-electron chi connectivity index (χ3n) is 3.14. The first-order chi connectivity index (χ1) is 7.02. The quantitative estimate of drug-likeness (QED) is 0.270. The van der Waals surface area contributed by atoms with Crippen LogP contribution in [0, 0.1) is 0 Å². The van der Waals surface area contributed by atoms with Gasteiger partial charge in [0.15, 0.2) is 0 Å². The van der Waals surface area contributed by atoms with Gasteiger partial charge in [0.05, 0.1) is 27.6 Å². The van der Waals surface area contributed by atoms with Crippen LogP contribution in [0.2, 0.25) is 0 Å². The van der Waals surface area contributed by atoms with Gasteiger partial charge in [-0.3, -0.25) is 4.48 Å². The Morgan fingerprint density at radius 3 is 1.87 bits per heavy atom. The summed E-state index contributed by atoms with van der Waals surface area (Å²) in [6.45, 7) is 2.25. The summed E-state index contributed by atoms with van der Waals surface area (Å²) in [5.41, 5.74) is 0. The van der Waals surface area contributed by atoms with Crippen molar-refractivity contribution in [2.45, 2.75) is 57.8 Å². The predicted molar refractivity (Wildman–Crippen MR) is 60.9 cm³/mol. The molecule has 1 fully saturated rings. The van der Waals surface area contributed by atoms with E-state index in [-0.39, 0.29) is 5.91 Å². The highest BCUT2D eigenvalue weighted by Crippen LogP contribution is 2.40. The topological polar surface area (TPSA) is 25.1 Å². The van der Waals surface area contributed by atoms with Crippen molar-refractivity contribution >= 4 is 0 Å². The van der Waals surface area contributed by atoms with Crippen molar-refractivity contribution in [2.75, 3.05) is 21.1 Å². The van der Waals surface area contributed by atoms with Crippen molar-refractivity contribution in [2.24, 2.45) is 0 Å². The Kier molecular flexibility index (Phi) is 4.56. The van der Waals surface area contributed by atoms with Gasteiger partial charge in [-0.05, 0) is 6.42 Å². The number of rotatable bonds is 8. The summed E-state index contributed by atoms with van der Waals surface area (Å²) in [5.74, 6) is -0.329. The van der Waals surface area contributed by atoms with Crippen LogP contribution in [0.25, 0.3) is 0 Å². The van der Waals surface area contributed by atoms with E-state index in [1.807, 2.05) is 0 Å². The van der Waals surface area contributed by atoms with Crippen molar-refractivity contribution in [3.63, 3.8) is 0 Å². The second kappa shape index (κ2) is 5.28. The molecule has 0 aromatic rings. The van der Waals surface area contributed by atoms with Crippen LogP contribution < -0.4 is 0 Å². The first-order valence-corrected chi connectivity index (χ1v) is 6.20. The van der Waals surface area contributed by atoms with E-state index in [9.17, 15) is 0 Å². The number of nitrogens with zero attached hydrogens (tertiary/aromatic N) is 1. The van der Waals surface area contributed by atoms with Crippen LogP contribution in [0.4, 0.5) is 0 Å². The smallest absolute Gasteiger partial charge is 0.274 e. The standard InChI is InChI=1S/C12H26NO2/c1-5-6-7-8-9-10-11-12(14-15-12)13(2,3)4/h5-11H2,1-4H3/q+1. The molecule has 0 N–H and O–H groups in total. The van der Waals surface area contributed by atoms with E-state index in [0.29, 0.717) is 0 Å². The SMILES string of the molecule is CCCCCCCCC1([N+](C)(C)C)OO1. The predicted octanol–water partition coefficient (Wildman–Crippen LogP) is 3.06. The molecule has 1 aliphatic heterocycles. The fourth-order valence-corrected chi connectivity index (χ4v) is 1.82. The van der Waals surface area contributed by atoms with Gasteiger partial charge < -0.3 is 0 Å². The Balaban J connectivity index is 2.05. The maximum Gasteiger partial charge on any atom is 0.373 e. The summed E-state index contributed by atoms with van der Waals surface area (Å²) in [4.78, 5) is 10.3. The molecular weight excluding hydrogens is 190 g/mol. The average Bonchev–Trinajstić information content (AvgIpc) is 2.91. The molecule has 3 nitrogen and oxygen atoms in total. The van der Waals surface area contributed by atoms with Crippen LogP contribution in [0.15, 0.2) is 0 Å². The molecule has 0 amide bonds. The van der Waals surface area contributed by atoms with E-state index in [0.717, 1.165) is 10.9 Å². The van der Waals surface area contributed by atoms with Crippen LogP contribution in [0.5, 0.6) is 0 Å². The van der Waals surface area contributed by atoms with E-state index in [4.69, 9.17) is 9.78 Å². The Bertz CT molecular complexity index is 183. The van der Waals surface area contributed by atoms with Gasteiger partial charge in [-0.25, -0.2) is 0 Å². The molecular formula is C12H26NO2+. The molecule has 0 atom stereocenters. The van der Waals surface area contributed by atoms with Gasteiger partial charge in [0.25, 0.3) is 0 Å². The van der Waals surface area contributed by atoms with E-state index in [2.05, 4.69) is 28.1 Å². The zero-order chi connectivity index (χ0) is 11.4. The highest BCUT2D eigenvalue weighted by Gasteiger charge is 2.60. The lowest BCUT2D eigenvalue weighted by atomic mass is 10.1. The van der Waals surface area contributed by atoms with Crippen LogP contribution in [-0.4, -0.2) is 31.5 Å². The van der Waals surface area contributed by atoms with Gasteiger partial charge in [0.2, 0.25) is 0 Å². The average molecular weight is 216 g/mol. The first kappa shape index (κ1) is 12.9. The first-order valence-electron chi connectivity index (χ1n) is 6.20. The van der Waals surface area contributed by atoms with E-state index >= 15 is 0 Å². The van der Waals surface area contributed by atoms with Crippen LogP contribution >= 0.6 is 0 Å². The summed E-state index contributed by atoms with van der Waals surface area (Å²) >= 11 is 0. The molecule has 0 spiro atoms. The fraction of sp³-hybridized carbons (Fsp3) is 1.00. The number of hydrogen-bond donors (Lipinski definition) is 0. The van der Waals surface area contributed by atoms with Crippen molar-refractivity contribution in [1.82, 2.24) is 0 Å². The molecule has 0 aromatic heterocycles. The van der Waals surface area contributed by atoms with Crippen LogP contribution in [-0.2, 0) is 9.78 Å². The Morgan fingerprint density at radius 2 is 1.40 bits per heavy atom. The van der Waals surface area contributed by atoms with Crippen molar-refractivity contribution in [3.05, 3.63) is 0 Å².